The Morgan fingerprint density at radius 3 is 2.63 bits per heavy atom. The van der Waals surface area contributed by atoms with Crippen molar-refractivity contribution >= 4 is 34.9 Å². The van der Waals surface area contributed by atoms with E-state index >= 15 is 0 Å². The van der Waals surface area contributed by atoms with E-state index in [1.54, 1.807) is 30.4 Å². The van der Waals surface area contributed by atoms with Crippen molar-refractivity contribution in [1.82, 2.24) is 24.0 Å². The molecule has 1 unspecified atom stereocenters. The van der Waals surface area contributed by atoms with Crippen molar-refractivity contribution in [3.8, 4) is 11.1 Å². The molecule has 4 aliphatic rings. The van der Waals surface area contributed by atoms with E-state index < -0.39 is 5.97 Å². The van der Waals surface area contributed by atoms with E-state index in [4.69, 9.17) is 9.47 Å². The van der Waals surface area contributed by atoms with E-state index in [1.807, 2.05) is 30.5 Å². The number of nitrogens with zero attached hydrogens (tertiary/aromatic N) is 7. The van der Waals surface area contributed by atoms with Gasteiger partial charge < -0.3 is 28.8 Å². The van der Waals surface area contributed by atoms with Gasteiger partial charge in [-0.3, -0.25) is 24.2 Å². The third-order valence-electron chi connectivity index (χ3n) is 10.8. The lowest BCUT2D eigenvalue weighted by atomic mass is 9.98. The molecule has 0 bridgehead atoms. The zero-order chi connectivity index (χ0) is 35.2. The van der Waals surface area contributed by atoms with E-state index in [0.29, 0.717) is 64.9 Å². The van der Waals surface area contributed by atoms with Crippen molar-refractivity contribution in [2.24, 2.45) is 7.05 Å². The highest BCUT2D eigenvalue weighted by Gasteiger charge is 2.34. The Hall–Kier alpha value is -5.01. The van der Waals surface area contributed by atoms with Crippen molar-refractivity contribution in [2.45, 2.75) is 64.8 Å². The van der Waals surface area contributed by atoms with Gasteiger partial charge in [-0.15, -0.1) is 0 Å². The molecule has 2 saturated heterocycles. The zero-order valence-electron chi connectivity index (χ0n) is 29.4. The number of ether oxygens (including phenoxy) is 2. The largest absolute Gasteiger partial charge is 0.461 e. The van der Waals surface area contributed by atoms with Gasteiger partial charge in [0.15, 0.2) is 0 Å². The predicted octanol–water partition coefficient (Wildman–Crippen LogP) is 3.90. The number of anilines is 4. The second kappa shape index (κ2) is 13.6. The Morgan fingerprint density at radius 1 is 1.04 bits per heavy atom. The SMILES string of the molecule is CC(=O)OCc1c(-c2cc(Nc3ccc(N4CCN(C5COC5)CC4C)cn3)c(=O)n(C)c2)ccnc1N1CCn2c(cc3c2CCCC3)C1=O. The Bertz CT molecular complexity index is 2030. The minimum Gasteiger partial charge on any atom is -0.461 e. The first-order valence-corrected chi connectivity index (χ1v) is 17.9. The van der Waals surface area contributed by atoms with Crippen LogP contribution in [-0.4, -0.2) is 87.4 Å². The number of esters is 1. The van der Waals surface area contributed by atoms with Gasteiger partial charge in [0.1, 0.15) is 29.6 Å². The fraction of sp³-hybridized carbons (Fsp3) is 0.447. The maximum absolute atomic E-state index is 14.0. The summed E-state index contributed by atoms with van der Waals surface area (Å²) in [5.41, 5.74) is 6.37. The van der Waals surface area contributed by atoms with E-state index in [-0.39, 0.29) is 18.1 Å². The molecule has 8 rings (SSSR count). The lowest BCUT2D eigenvalue weighted by Crippen LogP contribution is -2.59. The summed E-state index contributed by atoms with van der Waals surface area (Å²) in [4.78, 5) is 55.4. The van der Waals surface area contributed by atoms with Crippen molar-refractivity contribution in [1.29, 1.82) is 0 Å². The van der Waals surface area contributed by atoms with Crippen LogP contribution in [0, 0.1) is 0 Å². The van der Waals surface area contributed by atoms with E-state index in [1.165, 1.54) is 22.7 Å². The van der Waals surface area contributed by atoms with Gasteiger partial charge in [-0.25, -0.2) is 9.97 Å². The molecule has 1 aliphatic carbocycles. The summed E-state index contributed by atoms with van der Waals surface area (Å²) >= 11 is 0. The van der Waals surface area contributed by atoms with Crippen molar-refractivity contribution in [2.75, 3.05) is 54.5 Å². The quantitative estimate of drug-likeness (QED) is 0.272. The van der Waals surface area contributed by atoms with Crippen molar-refractivity contribution in [3.05, 3.63) is 81.8 Å². The number of carbonyl (C=O) groups is 2. The third kappa shape index (κ3) is 6.29. The van der Waals surface area contributed by atoms with Crippen LogP contribution in [-0.2, 0) is 47.3 Å². The minimum absolute atomic E-state index is 0.0785. The van der Waals surface area contributed by atoms with Crippen LogP contribution in [0.15, 0.2) is 53.7 Å². The lowest BCUT2D eigenvalue weighted by molar-refractivity contribution is -0.142. The molecule has 0 radical (unpaired) electrons. The first kappa shape index (κ1) is 33.2. The fourth-order valence-electron chi connectivity index (χ4n) is 7.99. The van der Waals surface area contributed by atoms with E-state index in [0.717, 1.165) is 64.2 Å². The summed E-state index contributed by atoms with van der Waals surface area (Å²) < 4.78 is 14.6. The maximum Gasteiger partial charge on any atom is 0.302 e. The lowest BCUT2D eigenvalue weighted by Gasteiger charge is -2.46. The molecule has 1 amide bonds. The molecule has 13 heteroatoms. The average molecular weight is 693 g/mol. The number of nitrogens with one attached hydrogen (secondary N) is 1. The molecule has 0 spiro atoms. The standard InChI is InChI=1S/C38H44N8O5/c1-24-19-43(29-21-50-22-29)12-13-44(24)28-8-9-35(40-18-28)41-32-16-27(20-42(3)37(32)48)30-10-11-39-36(31(30)23-51-25(2)47)46-15-14-45-33-7-5-4-6-26(33)17-34(45)38(46)49/h8-11,16-18,20,24,29H,4-7,12-15,19,21-23H2,1-3H3,(H,40,41). The van der Waals surface area contributed by atoms with Gasteiger partial charge in [0, 0.05) is 82.0 Å². The molecule has 1 N–H and O–H groups in total. The summed E-state index contributed by atoms with van der Waals surface area (Å²) in [5.74, 6) is 0.432. The molecule has 1 atom stereocenters. The van der Waals surface area contributed by atoms with Crippen LogP contribution in [0.5, 0.6) is 0 Å². The normalized spacial score (nSPS) is 19.4. The first-order valence-electron chi connectivity index (χ1n) is 17.9. The second-order valence-electron chi connectivity index (χ2n) is 14.1. The van der Waals surface area contributed by atoms with Gasteiger partial charge in [0.2, 0.25) is 0 Å². The molecule has 2 fully saturated rings. The zero-order valence-corrected chi connectivity index (χ0v) is 29.4. The van der Waals surface area contributed by atoms with E-state index in [2.05, 4.69) is 36.6 Å². The van der Waals surface area contributed by atoms with Crippen LogP contribution < -0.4 is 20.7 Å². The molecule has 3 aliphatic heterocycles. The van der Waals surface area contributed by atoms with Crippen molar-refractivity contribution < 1.29 is 19.1 Å². The highest BCUT2D eigenvalue weighted by Crippen LogP contribution is 2.35. The van der Waals surface area contributed by atoms with Crippen LogP contribution in [0.1, 0.15) is 54.0 Å². The highest BCUT2D eigenvalue weighted by atomic mass is 16.5. The Labute approximate surface area is 296 Å². The number of amides is 1. The number of carbonyl (C=O) groups excluding carboxylic acids is 2. The van der Waals surface area contributed by atoms with Crippen molar-refractivity contribution in [3.63, 3.8) is 0 Å². The first-order chi connectivity index (χ1) is 24.7. The number of fused-ring (bicyclic) bond motifs is 3. The number of hydrogen-bond donors (Lipinski definition) is 1. The van der Waals surface area contributed by atoms with E-state index in [9.17, 15) is 14.4 Å². The molecule has 13 nitrogen and oxygen atoms in total. The van der Waals surface area contributed by atoms with Gasteiger partial charge >= 0.3 is 5.97 Å². The van der Waals surface area contributed by atoms with Crippen LogP contribution >= 0.6 is 0 Å². The van der Waals surface area contributed by atoms with Crippen LogP contribution in [0.3, 0.4) is 0 Å². The number of rotatable bonds is 8. The van der Waals surface area contributed by atoms with Gasteiger partial charge in [-0.05, 0) is 74.1 Å². The summed E-state index contributed by atoms with van der Waals surface area (Å²) in [5, 5.41) is 3.24. The summed E-state index contributed by atoms with van der Waals surface area (Å²) in [6.45, 7) is 9.14. The van der Waals surface area contributed by atoms with Crippen LogP contribution in [0.4, 0.5) is 23.0 Å². The Balaban J connectivity index is 1.07. The predicted molar refractivity (Wildman–Crippen MR) is 194 cm³/mol. The molecule has 0 saturated carbocycles. The number of hydrogen-bond acceptors (Lipinski definition) is 10. The number of pyridine rings is 3. The van der Waals surface area contributed by atoms with Gasteiger partial charge in [-0.1, -0.05) is 0 Å². The average Bonchev–Trinajstić information content (AvgIpc) is 3.49. The van der Waals surface area contributed by atoms with Gasteiger partial charge in [0.25, 0.3) is 11.5 Å². The van der Waals surface area contributed by atoms with Gasteiger partial charge in [0.05, 0.1) is 31.1 Å². The number of piperazine rings is 1. The van der Waals surface area contributed by atoms with Gasteiger partial charge in [-0.2, -0.15) is 0 Å². The smallest absolute Gasteiger partial charge is 0.302 e. The molecule has 51 heavy (non-hydrogen) atoms. The Kier molecular flexibility index (Phi) is 8.84. The summed E-state index contributed by atoms with van der Waals surface area (Å²) in [6.07, 6.45) is 9.51. The molecule has 266 valence electrons. The monoisotopic (exact) mass is 692 g/mol. The van der Waals surface area contributed by atoms with Crippen LogP contribution in [0.2, 0.25) is 0 Å². The molecular formula is C38H44N8O5. The molecule has 4 aromatic heterocycles. The molecule has 0 aromatic carbocycles. The fourth-order valence-corrected chi connectivity index (χ4v) is 7.99. The summed E-state index contributed by atoms with van der Waals surface area (Å²) in [6, 6.07) is 10.4. The molecule has 7 heterocycles. The molecular weight excluding hydrogens is 648 g/mol. The second-order valence-corrected chi connectivity index (χ2v) is 14.1. The molecule has 4 aromatic rings. The van der Waals surface area contributed by atoms with Crippen LogP contribution in [0.25, 0.3) is 11.1 Å². The minimum atomic E-state index is -0.441. The highest BCUT2D eigenvalue weighted by molar-refractivity contribution is 6.06. The maximum atomic E-state index is 14.0. The third-order valence-corrected chi connectivity index (χ3v) is 10.8. The Morgan fingerprint density at radius 2 is 1.88 bits per heavy atom. The number of aromatic nitrogens is 4. The summed E-state index contributed by atoms with van der Waals surface area (Å²) in [7, 11) is 1.70. The number of aryl methyl sites for hydroxylation is 2. The topological polar surface area (TPSA) is 127 Å².